The minimum Gasteiger partial charge on any atom is -0.441 e. The standard InChI is InChI=1S/C25H19N3O2.C19H15N3O2.C19H15N3OS.C17H13N3OS/c29-25-19-13-7-8-14-20(19)26-21(27-25)15-16-22-28-23(17-9-3-1-4-10-17)24(30-22)18-11-5-2-6-12-18;23-19-14-8-4-5-9-15(14)21-17(22-19)10-11-18-20-12-16(24-18)13-6-2-1-3-7-13;23-19-14-8-4-5-9-15(14)20-17(22-19)10-11-18-21-16(12-24-18)13-6-2-1-3-7-13;21-17-11-5-1-2-6-12(11)18-15(20-17)9-10-16-19-13-7-3-4-8-14(13)22-16/h1-14H,15-16H2,(H,26,27,29);1-9,12H,10-11H2,(H,21,22,23);1-9,12H,10-11H2,(H,20,22,23);1-8H,9-10H2,(H,18,20,21). The molecule has 0 atom stereocenters. The van der Waals surface area contributed by atoms with Crippen molar-refractivity contribution in [3.8, 4) is 45.2 Å². The zero-order chi connectivity index (χ0) is 68.0. The lowest BCUT2D eigenvalue weighted by molar-refractivity contribution is 0.502. The van der Waals surface area contributed by atoms with Gasteiger partial charge >= 0.3 is 0 Å². The molecule has 8 heterocycles. The lowest BCUT2D eigenvalue weighted by Gasteiger charge is -2.01. The maximum absolute atomic E-state index is 12.3. The van der Waals surface area contributed by atoms with E-state index in [0.717, 1.165) is 84.6 Å². The number of benzene rings is 9. The number of nitrogens with one attached hydrogen (secondary N) is 4. The molecule has 0 saturated carbocycles. The largest absolute Gasteiger partial charge is 0.441 e. The van der Waals surface area contributed by atoms with E-state index in [1.165, 1.54) is 4.70 Å². The van der Waals surface area contributed by atoms with Crippen molar-refractivity contribution in [1.82, 2.24) is 59.8 Å². The van der Waals surface area contributed by atoms with E-state index in [0.29, 0.717) is 106 Å². The molecule has 20 heteroatoms. The number of hydrogen-bond acceptors (Lipinski definition) is 16. The molecule has 0 amide bonds. The molecule has 17 aromatic rings. The van der Waals surface area contributed by atoms with Gasteiger partial charge in [-0.15, -0.1) is 22.7 Å². The fourth-order valence-corrected chi connectivity index (χ4v) is 13.1. The van der Waals surface area contributed by atoms with Gasteiger partial charge in [0.15, 0.2) is 23.3 Å². The van der Waals surface area contributed by atoms with Crippen molar-refractivity contribution in [2.75, 3.05) is 0 Å². The van der Waals surface area contributed by atoms with Crippen LogP contribution in [0.2, 0.25) is 0 Å². The topological polar surface area (TPSA) is 261 Å². The number of H-pyrrole nitrogens is 4. The fourth-order valence-electron chi connectivity index (χ4n) is 11.3. The average Bonchev–Trinajstić information content (AvgIpc) is 1.62. The van der Waals surface area contributed by atoms with Crippen molar-refractivity contribution in [2.24, 2.45) is 0 Å². The summed E-state index contributed by atoms with van der Waals surface area (Å²) in [4.78, 5) is 96.4. The average molecular weight is 1350 g/mol. The number of rotatable bonds is 16. The third kappa shape index (κ3) is 15.8. The van der Waals surface area contributed by atoms with Crippen molar-refractivity contribution in [3.05, 3.63) is 341 Å². The van der Waals surface area contributed by atoms with E-state index in [9.17, 15) is 19.2 Å². The number of nitrogens with zero attached hydrogens (tertiary/aromatic N) is 8. The van der Waals surface area contributed by atoms with E-state index in [-0.39, 0.29) is 22.2 Å². The van der Waals surface area contributed by atoms with Gasteiger partial charge in [0.1, 0.15) is 29.0 Å². The molecule has 4 N–H and O–H groups in total. The number of para-hydroxylation sites is 5. The molecule has 490 valence electrons. The second-order valence-electron chi connectivity index (χ2n) is 23.2. The highest BCUT2D eigenvalue weighted by Crippen LogP contribution is 2.33. The number of aromatic nitrogens is 12. The van der Waals surface area contributed by atoms with Crippen LogP contribution in [0.4, 0.5) is 0 Å². The van der Waals surface area contributed by atoms with Crippen LogP contribution >= 0.6 is 22.7 Å². The Labute approximate surface area is 579 Å². The van der Waals surface area contributed by atoms with Gasteiger partial charge in [0.25, 0.3) is 22.2 Å². The highest BCUT2D eigenvalue weighted by molar-refractivity contribution is 7.18. The summed E-state index contributed by atoms with van der Waals surface area (Å²) in [6.07, 6.45) is 6.82. The van der Waals surface area contributed by atoms with Gasteiger partial charge in [-0.2, -0.15) is 0 Å². The Balaban J connectivity index is 0.000000114. The summed E-state index contributed by atoms with van der Waals surface area (Å²) in [5.74, 6) is 5.41. The van der Waals surface area contributed by atoms with E-state index in [1.54, 1.807) is 53.1 Å². The van der Waals surface area contributed by atoms with Crippen LogP contribution < -0.4 is 22.2 Å². The SMILES string of the molecule is O=c1[nH]c(CCc2nc(-c3ccccc3)c(-c3ccccc3)o2)nc2ccccc12.O=c1[nH]c(CCc2nc(-c3ccccc3)cs2)nc2ccccc12.O=c1[nH]c(CCc2nc3ccccc3s2)nc2ccccc12.O=c1[nH]c(CCc2ncc(-c3ccccc3)o2)nc2ccccc12. The summed E-state index contributed by atoms with van der Waals surface area (Å²) in [6, 6.07) is 77.5. The molecular formula is C80H62N12O6S2. The Hall–Kier alpha value is -12.5. The summed E-state index contributed by atoms with van der Waals surface area (Å²) in [5, 5.41) is 6.63. The summed E-state index contributed by atoms with van der Waals surface area (Å²) in [6.45, 7) is 0. The van der Waals surface area contributed by atoms with Gasteiger partial charge in [-0.05, 0) is 60.7 Å². The maximum atomic E-state index is 12.3. The van der Waals surface area contributed by atoms with Gasteiger partial charge in [0, 0.05) is 79.0 Å². The van der Waals surface area contributed by atoms with Crippen molar-refractivity contribution in [2.45, 2.75) is 51.4 Å². The summed E-state index contributed by atoms with van der Waals surface area (Å²) in [5.41, 5.74) is 9.41. The van der Waals surface area contributed by atoms with Gasteiger partial charge in [0.05, 0.1) is 75.7 Å². The van der Waals surface area contributed by atoms with Crippen LogP contribution in [0.3, 0.4) is 0 Å². The Morgan fingerprint density at radius 1 is 0.320 bits per heavy atom. The number of hydrogen-bond donors (Lipinski definition) is 4. The smallest absolute Gasteiger partial charge is 0.258 e. The number of fused-ring (bicyclic) bond motifs is 5. The van der Waals surface area contributed by atoms with Gasteiger partial charge < -0.3 is 28.8 Å². The first-order chi connectivity index (χ1) is 49.2. The third-order valence-corrected chi connectivity index (χ3v) is 18.3. The molecule has 0 bridgehead atoms. The fraction of sp³-hybridized carbons (Fsp3) is 0.100. The zero-order valence-electron chi connectivity index (χ0n) is 53.7. The van der Waals surface area contributed by atoms with Crippen molar-refractivity contribution in [1.29, 1.82) is 0 Å². The first kappa shape index (κ1) is 64.8. The minimum absolute atomic E-state index is 0.0788. The number of oxazole rings is 2. The van der Waals surface area contributed by atoms with E-state index in [2.05, 4.69) is 78.4 Å². The monoisotopic (exact) mass is 1350 g/mol. The number of thiazole rings is 2. The van der Waals surface area contributed by atoms with Gasteiger partial charge in [-0.3, -0.25) is 19.2 Å². The normalized spacial score (nSPS) is 11.1. The molecule has 0 fully saturated rings. The second kappa shape index (κ2) is 30.7. The van der Waals surface area contributed by atoms with Crippen molar-refractivity contribution >= 4 is 76.5 Å². The van der Waals surface area contributed by atoms with Crippen LogP contribution in [0.15, 0.2) is 282 Å². The van der Waals surface area contributed by atoms with E-state index in [1.807, 2.05) is 200 Å². The molecular weight excluding hydrogens is 1290 g/mol. The summed E-state index contributed by atoms with van der Waals surface area (Å²) < 4.78 is 13.1. The van der Waals surface area contributed by atoms with Crippen LogP contribution in [0, 0.1) is 0 Å². The molecule has 18 nitrogen and oxygen atoms in total. The lowest BCUT2D eigenvalue weighted by atomic mass is 10.1. The van der Waals surface area contributed by atoms with E-state index < -0.39 is 0 Å². The predicted octanol–water partition coefficient (Wildman–Crippen LogP) is 15.5. The molecule has 9 aromatic carbocycles. The molecule has 0 spiro atoms. The van der Waals surface area contributed by atoms with Crippen LogP contribution in [-0.2, 0) is 51.4 Å². The molecule has 0 aliphatic carbocycles. The van der Waals surface area contributed by atoms with Crippen molar-refractivity contribution in [3.63, 3.8) is 0 Å². The van der Waals surface area contributed by atoms with Crippen LogP contribution in [0.25, 0.3) is 99.0 Å². The Morgan fingerprint density at radius 2 is 0.710 bits per heavy atom. The summed E-state index contributed by atoms with van der Waals surface area (Å²) in [7, 11) is 0. The molecule has 0 saturated heterocycles. The minimum atomic E-state index is -0.127. The Kier molecular flexibility index (Phi) is 19.9. The maximum Gasteiger partial charge on any atom is 0.258 e. The molecule has 8 aromatic heterocycles. The first-order valence-electron chi connectivity index (χ1n) is 32.5. The van der Waals surface area contributed by atoms with Crippen molar-refractivity contribution < 1.29 is 8.83 Å². The quantitative estimate of drug-likeness (QED) is 0.0701. The summed E-state index contributed by atoms with van der Waals surface area (Å²) >= 11 is 3.33. The van der Waals surface area contributed by atoms with Crippen LogP contribution in [0.1, 0.15) is 45.1 Å². The lowest BCUT2D eigenvalue weighted by Crippen LogP contribution is -2.12. The number of aromatic amines is 4. The predicted molar refractivity (Wildman–Crippen MR) is 396 cm³/mol. The Bertz CT molecular complexity index is 5630. The van der Waals surface area contributed by atoms with Gasteiger partial charge in [-0.1, -0.05) is 182 Å². The molecule has 0 radical (unpaired) electrons. The van der Waals surface area contributed by atoms with E-state index >= 15 is 0 Å². The van der Waals surface area contributed by atoms with Gasteiger partial charge in [0.2, 0.25) is 0 Å². The number of aryl methyl sites for hydroxylation is 8. The zero-order valence-corrected chi connectivity index (χ0v) is 55.4. The first-order valence-corrected chi connectivity index (χ1v) is 34.2. The van der Waals surface area contributed by atoms with E-state index in [4.69, 9.17) is 13.8 Å². The third-order valence-electron chi connectivity index (χ3n) is 16.3. The molecule has 0 unspecified atom stereocenters. The van der Waals surface area contributed by atoms with Gasteiger partial charge in [-0.25, -0.2) is 39.9 Å². The molecule has 0 aliphatic rings. The van der Waals surface area contributed by atoms with Crippen LogP contribution in [-0.4, -0.2) is 59.8 Å². The molecule has 0 aliphatic heterocycles. The highest BCUT2D eigenvalue weighted by Gasteiger charge is 2.18. The molecule has 17 rings (SSSR count). The van der Waals surface area contributed by atoms with Crippen LogP contribution in [0.5, 0.6) is 0 Å². The Morgan fingerprint density at radius 3 is 1.19 bits per heavy atom. The molecule has 100 heavy (non-hydrogen) atoms. The highest BCUT2D eigenvalue weighted by atomic mass is 32.1. The second-order valence-corrected chi connectivity index (χ2v) is 25.2.